The van der Waals surface area contributed by atoms with Crippen molar-refractivity contribution in [2.75, 3.05) is 0 Å². The van der Waals surface area contributed by atoms with E-state index in [9.17, 15) is 0 Å². The third-order valence-electron chi connectivity index (χ3n) is 9.42. The first-order valence-electron chi connectivity index (χ1n) is 16.2. The van der Waals surface area contributed by atoms with Crippen molar-refractivity contribution >= 4 is 45.6 Å². The summed E-state index contributed by atoms with van der Waals surface area (Å²) in [5, 5.41) is 9.19. The van der Waals surface area contributed by atoms with Gasteiger partial charge in [-0.05, 0) is 82.9 Å². The predicted octanol–water partition coefficient (Wildman–Crippen LogP) is 12.4. The number of benzene rings is 8. The van der Waals surface area contributed by atoms with Crippen molar-refractivity contribution in [3.8, 4) is 44.5 Å². The molecule has 0 atom stereocenters. The lowest BCUT2D eigenvalue weighted by molar-refractivity contribution is 1.60. The molecule has 0 aliphatic heterocycles. The predicted molar refractivity (Wildman–Crippen MR) is 204 cm³/mol. The Morgan fingerprint density at radius 1 is 0.326 bits per heavy atom. The van der Waals surface area contributed by atoms with Gasteiger partial charge >= 0.3 is 0 Å². The average Bonchev–Trinajstić information content (AvgIpc) is 3.10. The second kappa shape index (κ2) is 11.3. The highest BCUT2D eigenvalue weighted by Crippen LogP contribution is 2.44. The minimum atomic E-state index is -1.48. The summed E-state index contributed by atoms with van der Waals surface area (Å²) in [7, 11) is -1.48. The zero-order valence-electron chi connectivity index (χ0n) is 26.6. The van der Waals surface area contributed by atoms with Crippen molar-refractivity contribution < 1.29 is 0 Å². The SMILES string of the molecule is C[Si](C)(C)c1cccc(-c2c3ccccc3c(-c3ccc4cccc(-c5ccc(-c6ccccc6)cc5)c4c3)c3ccccc23)c1. The first-order chi connectivity index (χ1) is 22.5. The van der Waals surface area contributed by atoms with Crippen LogP contribution in [0.25, 0.3) is 76.8 Å². The maximum absolute atomic E-state index is 2.45. The van der Waals surface area contributed by atoms with Gasteiger partial charge in [0, 0.05) is 0 Å². The minimum Gasteiger partial charge on any atom is -0.0656 e. The minimum absolute atomic E-state index is 1.23. The van der Waals surface area contributed by atoms with Crippen LogP contribution in [0.2, 0.25) is 19.6 Å². The molecule has 0 aromatic heterocycles. The van der Waals surface area contributed by atoms with Crippen LogP contribution >= 0.6 is 0 Å². The van der Waals surface area contributed by atoms with E-state index in [4.69, 9.17) is 0 Å². The molecule has 0 amide bonds. The standard InChI is InChI=1S/C45H36Si/c1-46(2,3)37-17-11-16-35(29-37)44-39-18-7-9-20-41(39)45(42-21-10-8-19-40(42)44)36-28-27-33-15-12-22-38(43(33)30-36)34-25-23-32(24-26-34)31-13-5-4-6-14-31/h4-30H,1-3H3. The van der Waals surface area contributed by atoms with Crippen molar-refractivity contribution in [2.45, 2.75) is 19.6 Å². The third kappa shape index (κ3) is 4.94. The Morgan fingerprint density at radius 2 is 0.804 bits per heavy atom. The van der Waals surface area contributed by atoms with E-state index in [-0.39, 0.29) is 0 Å². The van der Waals surface area contributed by atoms with Crippen LogP contribution in [0.4, 0.5) is 0 Å². The molecule has 0 fully saturated rings. The Bertz CT molecular complexity index is 2320. The molecule has 0 aliphatic rings. The lowest BCUT2D eigenvalue weighted by Gasteiger charge is -2.21. The molecule has 0 saturated heterocycles. The van der Waals surface area contributed by atoms with Crippen LogP contribution < -0.4 is 5.19 Å². The summed E-state index contributed by atoms with van der Waals surface area (Å²) in [6, 6.07) is 60.6. The summed E-state index contributed by atoms with van der Waals surface area (Å²) in [5.41, 5.74) is 10.1. The van der Waals surface area contributed by atoms with Crippen LogP contribution in [-0.2, 0) is 0 Å². The van der Waals surface area contributed by atoms with Crippen LogP contribution in [0.3, 0.4) is 0 Å². The molecule has 0 unspecified atom stereocenters. The molecular formula is C45H36Si. The van der Waals surface area contributed by atoms with Gasteiger partial charge < -0.3 is 0 Å². The van der Waals surface area contributed by atoms with Gasteiger partial charge in [0.05, 0.1) is 8.07 Å². The summed E-state index contributed by atoms with van der Waals surface area (Å²) < 4.78 is 0. The van der Waals surface area contributed by atoms with Crippen LogP contribution in [-0.4, -0.2) is 8.07 Å². The lowest BCUT2D eigenvalue weighted by Crippen LogP contribution is -2.37. The molecule has 8 rings (SSSR count). The zero-order chi connectivity index (χ0) is 31.3. The molecule has 8 aromatic carbocycles. The van der Waals surface area contributed by atoms with Gasteiger partial charge in [0.1, 0.15) is 0 Å². The fraction of sp³-hybridized carbons (Fsp3) is 0.0667. The average molecular weight is 605 g/mol. The van der Waals surface area contributed by atoms with E-state index < -0.39 is 8.07 Å². The van der Waals surface area contributed by atoms with Gasteiger partial charge in [0.25, 0.3) is 0 Å². The fourth-order valence-corrected chi connectivity index (χ4v) is 8.23. The molecule has 1 heteroatoms. The number of hydrogen-bond donors (Lipinski definition) is 0. The molecule has 0 bridgehead atoms. The summed E-state index contributed by atoms with van der Waals surface area (Å²) in [4.78, 5) is 0. The molecule has 0 radical (unpaired) electrons. The Balaban J connectivity index is 1.34. The lowest BCUT2D eigenvalue weighted by atomic mass is 9.85. The van der Waals surface area contributed by atoms with Gasteiger partial charge in [-0.3, -0.25) is 0 Å². The van der Waals surface area contributed by atoms with E-state index in [1.54, 1.807) is 0 Å². The number of rotatable bonds is 5. The summed E-state index contributed by atoms with van der Waals surface area (Å²) in [6.07, 6.45) is 0. The van der Waals surface area contributed by atoms with Crippen LogP contribution in [0, 0.1) is 0 Å². The van der Waals surface area contributed by atoms with E-state index in [2.05, 4.69) is 183 Å². The summed E-state index contributed by atoms with van der Waals surface area (Å²) >= 11 is 0. The van der Waals surface area contributed by atoms with Gasteiger partial charge in [-0.15, -0.1) is 0 Å². The van der Waals surface area contributed by atoms with Gasteiger partial charge in [-0.2, -0.15) is 0 Å². The summed E-state index contributed by atoms with van der Waals surface area (Å²) in [5.74, 6) is 0. The van der Waals surface area contributed by atoms with Crippen LogP contribution in [0.5, 0.6) is 0 Å². The first-order valence-corrected chi connectivity index (χ1v) is 19.7. The van der Waals surface area contributed by atoms with E-state index in [0.717, 1.165) is 0 Å². The van der Waals surface area contributed by atoms with Gasteiger partial charge in [-0.25, -0.2) is 0 Å². The maximum Gasteiger partial charge on any atom is 0.0776 e. The Kier molecular flexibility index (Phi) is 6.93. The van der Waals surface area contributed by atoms with Gasteiger partial charge in [0.15, 0.2) is 0 Å². The number of fused-ring (bicyclic) bond motifs is 3. The molecule has 8 aromatic rings. The first kappa shape index (κ1) is 28.2. The highest BCUT2D eigenvalue weighted by atomic mass is 28.3. The van der Waals surface area contributed by atoms with E-state index >= 15 is 0 Å². The topological polar surface area (TPSA) is 0 Å². The smallest absolute Gasteiger partial charge is 0.0656 e. The molecule has 220 valence electrons. The highest BCUT2D eigenvalue weighted by molar-refractivity contribution is 6.88. The van der Waals surface area contributed by atoms with Crippen molar-refractivity contribution in [1.82, 2.24) is 0 Å². The maximum atomic E-state index is 2.45. The van der Waals surface area contributed by atoms with Crippen LogP contribution in [0.15, 0.2) is 164 Å². The molecule has 0 nitrogen and oxygen atoms in total. The molecule has 0 aliphatic carbocycles. The van der Waals surface area contributed by atoms with E-state index in [1.807, 2.05) is 0 Å². The zero-order valence-corrected chi connectivity index (χ0v) is 27.6. The van der Waals surface area contributed by atoms with Crippen LogP contribution in [0.1, 0.15) is 0 Å². The summed E-state index contributed by atoms with van der Waals surface area (Å²) in [6.45, 7) is 7.28. The normalized spacial score (nSPS) is 11.8. The molecule has 0 N–H and O–H groups in total. The quantitative estimate of drug-likeness (QED) is 0.135. The number of hydrogen-bond acceptors (Lipinski definition) is 0. The molecule has 0 heterocycles. The largest absolute Gasteiger partial charge is 0.0776 e. The van der Waals surface area contributed by atoms with Crippen molar-refractivity contribution in [3.05, 3.63) is 164 Å². The Morgan fingerprint density at radius 3 is 1.41 bits per heavy atom. The van der Waals surface area contributed by atoms with Crippen molar-refractivity contribution in [2.24, 2.45) is 0 Å². The second-order valence-corrected chi connectivity index (χ2v) is 18.4. The molecule has 0 saturated carbocycles. The van der Waals surface area contributed by atoms with Gasteiger partial charge in [-0.1, -0.05) is 183 Å². The second-order valence-electron chi connectivity index (χ2n) is 13.4. The monoisotopic (exact) mass is 604 g/mol. The Labute approximate surface area is 272 Å². The highest BCUT2D eigenvalue weighted by Gasteiger charge is 2.20. The van der Waals surface area contributed by atoms with E-state index in [0.29, 0.717) is 0 Å². The molecular weight excluding hydrogens is 569 g/mol. The van der Waals surface area contributed by atoms with Crippen molar-refractivity contribution in [3.63, 3.8) is 0 Å². The molecule has 46 heavy (non-hydrogen) atoms. The van der Waals surface area contributed by atoms with E-state index in [1.165, 1.54) is 82.0 Å². The molecule has 0 spiro atoms. The van der Waals surface area contributed by atoms with Gasteiger partial charge in [0.2, 0.25) is 0 Å². The Hall–Kier alpha value is -5.24. The van der Waals surface area contributed by atoms with Crippen molar-refractivity contribution in [1.29, 1.82) is 0 Å². The third-order valence-corrected chi connectivity index (χ3v) is 11.5. The fourth-order valence-electron chi connectivity index (χ4n) is 7.04.